The normalized spacial score (nSPS) is 10.5. The van der Waals surface area contributed by atoms with Crippen LogP contribution in [0.15, 0.2) is 18.2 Å². The second kappa shape index (κ2) is 10.9. The van der Waals surface area contributed by atoms with E-state index >= 15 is 0 Å². The van der Waals surface area contributed by atoms with Crippen LogP contribution in [-0.2, 0) is 16.0 Å². The zero-order chi connectivity index (χ0) is 16.2. The van der Waals surface area contributed by atoms with Crippen LogP contribution in [0.4, 0.5) is 5.69 Å². The number of hydrogen-bond donors (Lipinski definition) is 2. The molecule has 22 heavy (non-hydrogen) atoms. The number of methoxy groups -OCH3 is 1. The Labute approximate surface area is 133 Å². The van der Waals surface area contributed by atoms with Crippen LogP contribution in [0.1, 0.15) is 38.2 Å². The van der Waals surface area contributed by atoms with Crippen molar-refractivity contribution in [2.45, 2.75) is 39.0 Å². The zero-order valence-electron chi connectivity index (χ0n) is 13.7. The van der Waals surface area contributed by atoms with Crippen LogP contribution >= 0.6 is 0 Å². The number of nitrogens with two attached hydrogens (primary N) is 1. The summed E-state index contributed by atoms with van der Waals surface area (Å²) in [5.41, 5.74) is 7.67. The predicted octanol–water partition coefficient (Wildman–Crippen LogP) is 2.53. The molecule has 5 heteroatoms. The SMILES string of the molecule is CCCCOc1ccc(CCC(=O)NCCCOC)cc1N. The van der Waals surface area contributed by atoms with E-state index in [1.165, 1.54) is 0 Å². The number of hydrogen-bond acceptors (Lipinski definition) is 4. The molecule has 0 heterocycles. The summed E-state index contributed by atoms with van der Waals surface area (Å²) in [5, 5.41) is 2.87. The molecule has 0 atom stereocenters. The molecule has 0 spiro atoms. The number of anilines is 1. The molecule has 0 fully saturated rings. The first-order valence-electron chi connectivity index (χ1n) is 7.94. The van der Waals surface area contributed by atoms with Gasteiger partial charge in [0.25, 0.3) is 0 Å². The molecule has 0 bridgehead atoms. The van der Waals surface area contributed by atoms with E-state index in [1.807, 2.05) is 18.2 Å². The quantitative estimate of drug-likeness (QED) is 0.487. The minimum atomic E-state index is 0.0537. The van der Waals surface area contributed by atoms with Gasteiger partial charge >= 0.3 is 0 Å². The molecule has 0 saturated carbocycles. The summed E-state index contributed by atoms with van der Waals surface area (Å²) in [6.07, 6.45) is 4.08. The van der Waals surface area contributed by atoms with Crippen LogP contribution in [0.5, 0.6) is 5.75 Å². The van der Waals surface area contributed by atoms with E-state index in [0.717, 1.165) is 30.6 Å². The molecule has 0 unspecified atom stereocenters. The molecular formula is C17H28N2O3. The van der Waals surface area contributed by atoms with Gasteiger partial charge in [-0.3, -0.25) is 4.79 Å². The van der Waals surface area contributed by atoms with Gasteiger partial charge in [-0.15, -0.1) is 0 Å². The molecule has 1 aromatic carbocycles. The summed E-state index contributed by atoms with van der Waals surface area (Å²) in [5.74, 6) is 0.777. The second-order valence-corrected chi connectivity index (χ2v) is 5.27. The predicted molar refractivity (Wildman–Crippen MR) is 89.1 cm³/mol. The number of carbonyl (C=O) groups excluding carboxylic acids is 1. The average molecular weight is 308 g/mol. The summed E-state index contributed by atoms with van der Waals surface area (Å²) >= 11 is 0. The van der Waals surface area contributed by atoms with Gasteiger partial charge < -0.3 is 20.5 Å². The fourth-order valence-corrected chi connectivity index (χ4v) is 2.00. The lowest BCUT2D eigenvalue weighted by molar-refractivity contribution is -0.121. The molecule has 1 aromatic rings. The van der Waals surface area contributed by atoms with E-state index in [0.29, 0.717) is 38.3 Å². The molecule has 1 rings (SSSR count). The summed E-state index contributed by atoms with van der Waals surface area (Å²) in [6, 6.07) is 5.74. The van der Waals surface area contributed by atoms with Crippen LogP contribution < -0.4 is 15.8 Å². The lowest BCUT2D eigenvalue weighted by Gasteiger charge is -2.10. The molecular weight excluding hydrogens is 280 g/mol. The molecule has 1 amide bonds. The molecule has 124 valence electrons. The highest BCUT2D eigenvalue weighted by molar-refractivity contribution is 5.76. The van der Waals surface area contributed by atoms with Crippen LogP contribution in [0.2, 0.25) is 0 Å². The highest BCUT2D eigenvalue weighted by atomic mass is 16.5. The summed E-state index contributed by atoms with van der Waals surface area (Å²) in [7, 11) is 1.65. The number of nitrogens with one attached hydrogen (secondary N) is 1. The fraction of sp³-hybridized carbons (Fsp3) is 0.588. The monoisotopic (exact) mass is 308 g/mol. The number of benzene rings is 1. The zero-order valence-corrected chi connectivity index (χ0v) is 13.7. The standard InChI is InChI=1S/C17H28N2O3/c1-3-4-12-22-16-8-6-14(13-15(16)18)7-9-17(20)19-10-5-11-21-2/h6,8,13H,3-5,7,9-12,18H2,1-2H3,(H,19,20). The Hall–Kier alpha value is -1.75. The highest BCUT2D eigenvalue weighted by Gasteiger charge is 2.05. The number of rotatable bonds is 11. The topological polar surface area (TPSA) is 73.6 Å². The van der Waals surface area contributed by atoms with Crippen LogP contribution in [0.25, 0.3) is 0 Å². The first kappa shape index (κ1) is 18.3. The third-order valence-corrected chi connectivity index (χ3v) is 3.32. The minimum absolute atomic E-state index is 0.0537. The lowest BCUT2D eigenvalue weighted by Crippen LogP contribution is -2.25. The van der Waals surface area contributed by atoms with E-state index in [2.05, 4.69) is 12.2 Å². The summed E-state index contributed by atoms with van der Waals surface area (Å²) < 4.78 is 10.6. The number of ether oxygens (including phenoxy) is 2. The van der Waals surface area contributed by atoms with Gasteiger partial charge in [0.1, 0.15) is 5.75 Å². The summed E-state index contributed by atoms with van der Waals surface area (Å²) in [6.45, 7) is 4.12. The van der Waals surface area contributed by atoms with E-state index in [9.17, 15) is 4.79 Å². The van der Waals surface area contributed by atoms with Crippen molar-refractivity contribution in [2.75, 3.05) is 32.6 Å². The Bertz CT molecular complexity index is 450. The molecule has 0 aliphatic carbocycles. The van der Waals surface area contributed by atoms with Crippen molar-refractivity contribution in [3.05, 3.63) is 23.8 Å². The minimum Gasteiger partial charge on any atom is -0.491 e. The maximum Gasteiger partial charge on any atom is 0.220 e. The van der Waals surface area contributed by atoms with Crippen molar-refractivity contribution in [3.63, 3.8) is 0 Å². The van der Waals surface area contributed by atoms with Gasteiger partial charge in [0.05, 0.1) is 12.3 Å². The Kier molecular flexibility index (Phi) is 9.07. The number of unbranched alkanes of at least 4 members (excludes halogenated alkanes) is 1. The van der Waals surface area contributed by atoms with Crippen molar-refractivity contribution in [1.82, 2.24) is 5.32 Å². The smallest absolute Gasteiger partial charge is 0.220 e. The van der Waals surface area contributed by atoms with Crippen molar-refractivity contribution >= 4 is 11.6 Å². The lowest BCUT2D eigenvalue weighted by atomic mass is 10.1. The van der Waals surface area contributed by atoms with Crippen LogP contribution in [-0.4, -0.2) is 32.8 Å². The van der Waals surface area contributed by atoms with E-state index in [1.54, 1.807) is 7.11 Å². The van der Waals surface area contributed by atoms with Crippen LogP contribution in [0, 0.1) is 0 Å². The Morgan fingerprint density at radius 3 is 2.77 bits per heavy atom. The molecule has 0 aliphatic heterocycles. The molecule has 0 saturated heterocycles. The van der Waals surface area contributed by atoms with E-state index in [4.69, 9.17) is 15.2 Å². The number of amides is 1. The van der Waals surface area contributed by atoms with Gasteiger partial charge in [0.15, 0.2) is 0 Å². The van der Waals surface area contributed by atoms with E-state index < -0.39 is 0 Å². The maximum atomic E-state index is 11.7. The first-order valence-corrected chi connectivity index (χ1v) is 7.94. The number of aryl methyl sites for hydroxylation is 1. The number of nitrogen functional groups attached to an aromatic ring is 1. The molecule has 0 aliphatic rings. The van der Waals surface area contributed by atoms with Gasteiger partial charge in [0.2, 0.25) is 5.91 Å². The summed E-state index contributed by atoms with van der Waals surface area (Å²) in [4.78, 5) is 11.7. The maximum absolute atomic E-state index is 11.7. The average Bonchev–Trinajstić information content (AvgIpc) is 2.51. The Morgan fingerprint density at radius 1 is 1.27 bits per heavy atom. The number of carbonyl (C=O) groups is 1. The first-order chi connectivity index (χ1) is 10.7. The van der Waals surface area contributed by atoms with Gasteiger partial charge in [-0.05, 0) is 37.0 Å². The third kappa shape index (κ3) is 7.31. The van der Waals surface area contributed by atoms with Gasteiger partial charge in [-0.1, -0.05) is 19.4 Å². The van der Waals surface area contributed by atoms with Gasteiger partial charge in [-0.25, -0.2) is 0 Å². The Balaban J connectivity index is 2.33. The molecule has 0 radical (unpaired) electrons. The van der Waals surface area contributed by atoms with Gasteiger partial charge in [-0.2, -0.15) is 0 Å². The molecule has 3 N–H and O–H groups in total. The second-order valence-electron chi connectivity index (χ2n) is 5.27. The van der Waals surface area contributed by atoms with E-state index in [-0.39, 0.29) is 5.91 Å². The largest absolute Gasteiger partial charge is 0.491 e. The van der Waals surface area contributed by atoms with Crippen molar-refractivity contribution in [1.29, 1.82) is 0 Å². The highest BCUT2D eigenvalue weighted by Crippen LogP contribution is 2.23. The van der Waals surface area contributed by atoms with Crippen molar-refractivity contribution < 1.29 is 14.3 Å². The van der Waals surface area contributed by atoms with Crippen molar-refractivity contribution in [2.24, 2.45) is 0 Å². The molecule has 5 nitrogen and oxygen atoms in total. The Morgan fingerprint density at radius 2 is 2.09 bits per heavy atom. The third-order valence-electron chi connectivity index (χ3n) is 3.32. The van der Waals surface area contributed by atoms with Crippen LogP contribution in [0.3, 0.4) is 0 Å². The van der Waals surface area contributed by atoms with Crippen molar-refractivity contribution in [3.8, 4) is 5.75 Å². The fourth-order valence-electron chi connectivity index (χ4n) is 2.00. The molecule has 0 aromatic heterocycles. The van der Waals surface area contributed by atoms with Gasteiger partial charge in [0, 0.05) is 26.7 Å².